The van der Waals surface area contributed by atoms with Gasteiger partial charge in [0, 0.05) is 26.2 Å². The number of amides is 1. The number of halogens is 2. The van der Waals surface area contributed by atoms with E-state index in [1.165, 1.54) is 0 Å². The smallest absolute Gasteiger partial charge is 0.254 e. The van der Waals surface area contributed by atoms with Gasteiger partial charge in [0.1, 0.15) is 11.6 Å². The Morgan fingerprint density at radius 2 is 2.04 bits per heavy atom. The van der Waals surface area contributed by atoms with Crippen molar-refractivity contribution in [3.63, 3.8) is 0 Å². The maximum Gasteiger partial charge on any atom is 0.254 e. The number of rotatable bonds is 5. The third-order valence-electron chi connectivity index (χ3n) is 4.35. The predicted octanol–water partition coefficient (Wildman–Crippen LogP) is 3.12. The summed E-state index contributed by atoms with van der Waals surface area (Å²) in [7, 11) is 0. The normalized spacial score (nSPS) is 17.9. The van der Waals surface area contributed by atoms with Crippen LogP contribution >= 0.6 is 0 Å². The maximum atomic E-state index is 13.7. The van der Waals surface area contributed by atoms with Gasteiger partial charge < -0.3 is 10.1 Å². The summed E-state index contributed by atoms with van der Waals surface area (Å²) in [6.07, 6.45) is 0.229. The van der Waals surface area contributed by atoms with Crippen LogP contribution in [0.2, 0.25) is 0 Å². The van der Waals surface area contributed by atoms with E-state index in [0.717, 1.165) is 55.6 Å². The van der Waals surface area contributed by atoms with Crippen LogP contribution in [-0.4, -0.2) is 36.6 Å². The quantitative estimate of drug-likeness (QED) is 0.891. The van der Waals surface area contributed by atoms with Gasteiger partial charge >= 0.3 is 0 Å². The topological polar surface area (TPSA) is 41.6 Å². The average Bonchev–Trinajstić information content (AvgIpc) is 2.62. The lowest BCUT2D eigenvalue weighted by atomic mass is 10.1. The van der Waals surface area contributed by atoms with E-state index in [2.05, 4.69) is 17.1 Å². The fourth-order valence-corrected chi connectivity index (χ4v) is 3.08. The summed E-state index contributed by atoms with van der Waals surface area (Å²) in [4.78, 5) is 14.4. The molecular formula is C20H22F2N2O2. The third-order valence-corrected chi connectivity index (χ3v) is 4.35. The first-order valence-electron chi connectivity index (χ1n) is 8.66. The van der Waals surface area contributed by atoms with Gasteiger partial charge in [0.15, 0.2) is 0 Å². The van der Waals surface area contributed by atoms with E-state index in [9.17, 15) is 13.6 Å². The van der Waals surface area contributed by atoms with Gasteiger partial charge in [-0.1, -0.05) is 24.3 Å². The van der Waals surface area contributed by atoms with Crippen molar-refractivity contribution in [2.75, 3.05) is 19.7 Å². The van der Waals surface area contributed by atoms with Crippen LogP contribution in [0.3, 0.4) is 0 Å². The minimum absolute atomic E-state index is 0.229. The SMILES string of the molecule is CC1CN(Cc2cccc(CNC(=O)c3cc(F)ccc3F)c2)CCO1. The van der Waals surface area contributed by atoms with Crippen molar-refractivity contribution < 1.29 is 18.3 Å². The summed E-state index contributed by atoms with van der Waals surface area (Å²) in [5.74, 6) is -2.01. The van der Waals surface area contributed by atoms with E-state index in [1.807, 2.05) is 24.3 Å². The summed E-state index contributed by atoms with van der Waals surface area (Å²) in [5, 5.41) is 2.64. The highest BCUT2D eigenvalue weighted by molar-refractivity contribution is 5.94. The lowest BCUT2D eigenvalue weighted by Gasteiger charge is -2.31. The molecule has 1 fully saturated rings. The van der Waals surface area contributed by atoms with E-state index in [1.54, 1.807) is 0 Å². The summed E-state index contributed by atoms with van der Waals surface area (Å²) < 4.78 is 32.4. The number of hydrogen-bond donors (Lipinski definition) is 1. The maximum absolute atomic E-state index is 13.7. The molecule has 0 saturated carbocycles. The lowest BCUT2D eigenvalue weighted by Crippen LogP contribution is -2.40. The molecule has 0 bridgehead atoms. The Morgan fingerprint density at radius 3 is 2.85 bits per heavy atom. The fourth-order valence-electron chi connectivity index (χ4n) is 3.08. The second kappa shape index (κ2) is 8.38. The molecule has 2 aromatic rings. The zero-order chi connectivity index (χ0) is 18.5. The van der Waals surface area contributed by atoms with Crippen LogP contribution in [0.15, 0.2) is 42.5 Å². The Labute approximate surface area is 151 Å². The van der Waals surface area contributed by atoms with E-state index in [0.29, 0.717) is 0 Å². The van der Waals surface area contributed by atoms with Crippen molar-refractivity contribution in [3.8, 4) is 0 Å². The second-order valence-electron chi connectivity index (χ2n) is 6.54. The molecule has 0 aliphatic carbocycles. The first-order valence-corrected chi connectivity index (χ1v) is 8.66. The van der Waals surface area contributed by atoms with Gasteiger partial charge in [0.2, 0.25) is 0 Å². The highest BCUT2D eigenvalue weighted by Crippen LogP contribution is 2.13. The largest absolute Gasteiger partial charge is 0.376 e. The summed E-state index contributed by atoms with van der Waals surface area (Å²) >= 11 is 0. The van der Waals surface area contributed by atoms with Crippen molar-refractivity contribution in [1.82, 2.24) is 10.2 Å². The molecule has 1 amide bonds. The highest BCUT2D eigenvalue weighted by Gasteiger charge is 2.17. The van der Waals surface area contributed by atoms with Gasteiger partial charge in [-0.05, 0) is 36.2 Å². The predicted molar refractivity (Wildman–Crippen MR) is 94.7 cm³/mol. The Morgan fingerprint density at radius 1 is 1.23 bits per heavy atom. The van der Waals surface area contributed by atoms with Crippen LogP contribution in [-0.2, 0) is 17.8 Å². The van der Waals surface area contributed by atoms with E-state index in [4.69, 9.17) is 4.74 Å². The Balaban J connectivity index is 1.60. The van der Waals surface area contributed by atoms with Gasteiger partial charge in [-0.15, -0.1) is 0 Å². The van der Waals surface area contributed by atoms with E-state index in [-0.39, 0.29) is 18.2 Å². The van der Waals surface area contributed by atoms with Crippen LogP contribution < -0.4 is 5.32 Å². The summed E-state index contributed by atoms with van der Waals surface area (Å²) in [6.45, 7) is 5.64. The molecule has 1 aliphatic heterocycles. The van der Waals surface area contributed by atoms with Gasteiger partial charge in [-0.2, -0.15) is 0 Å². The van der Waals surface area contributed by atoms with Crippen molar-refractivity contribution in [1.29, 1.82) is 0 Å². The second-order valence-corrected chi connectivity index (χ2v) is 6.54. The zero-order valence-corrected chi connectivity index (χ0v) is 14.7. The Kier molecular flexibility index (Phi) is 5.96. The van der Waals surface area contributed by atoms with Gasteiger partial charge in [0.05, 0.1) is 18.3 Å². The third kappa shape index (κ3) is 4.86. The number of hydrogen-bond acceptors (Lipinski definition) is 3. The van der Waals surface area contributed by atoms with Gasteiger partial charge in [0.25, 0.3) is 5.91 Å². The standard InChI is InChI=1S/C20H22F2N2O2/c1-14-12-24(7-8-26-14)13-16-4-2-3-15(9-16)11-23-20(25)18-10-17(21)5-6-19(18)22/h2-6,9-10,14H,7-8,11-13H2,1H3,(H,23,25). The monoisotopic (exact) mass is 360 g/mol. The highest BCUT2D eigenvalue weighted by atomic mass is 19.1. The van der Waals surface area contributed by atoms with Crippen LogP contribution in [0.25, 0.3) is 0 Å². The fraction of sp³-hybridized carbons (Fsp3) is 0.350. The molecule has 4 nitrogen and oxygen atoms in total. The van der Waals surface area contributed by atoms with Crippen molar-refractivity contribution in [2.45, 2.75) is 26.1 Å². The molecule has 3 rings (SSSR count). The Bertz CT molecular complexity index is 782. The minimum Gasteiger partial charge on any atom is -0.376 e. The van der Waals surface area contributed by atoms with Crippen LogP contribution in [0, 0.1) is 11.6 Å². The van der Waals surface area contributed by atoms with Crippen molar-refractivity contribution >= 4 is 5.91 Å². The number of morpholine rings is 1. The molecule has 0 radical (unpaired) electrons. The molecule has 1 unspecified atom stereocenters. The molecule has 1 heterocycles. The molecule has 2 aromatic carbocycles. The van der Waals surface area contributed by atoms with Crippen molar-refractivity contribution in [2.24, 2.45) is 0 Å². The summed E-state index contributed by atoms with van der Waals surface area (Å²) in [6, 6.07) is 10.7. The lowest BCUT2D eigenvalue weighted by molar-refractivity contribution is -0.0212. The van der Waals surface area contributed by atoms with Gasteiger partial charge in [-0.3, -0.25) is 9.69 Å². The van der Waals surface area contributed by atoms with Crippen molar-refractivity contribution in [3.05, 3.63) is 70.8 Å². The molecule has 6 heteroatoms. The van der Waals surface area contributed by atoms with Gasteiger partial charge in [-0.25, -0.2) is 8.78 Å². The molecule has 138 valence electrons. The Hall–Kier alpha value is -2.31. The first kappa shape index (κ1) is 18.5. The number of carbonyl (C=O) groups is 1. The first-order chi connectivity index (χ1) is 12.5. The molecule has 1 N–H and O–H groups in total. The number of ether oxygens (including phenoxy) is 1. The number of nitrogens with zero attached hydrogens (tertiary/aromatic N) is 1. The molecule has 1 aliphatic rings. The minimum atomic E-state index is -0.737. The van der Waals surface area contributed by atoms with Crippen LogP contribution in [0.5, 0.6) is 0 Å². The molecule has 1 atom stereocenters. The molecule has 26 heavy (non-hydrogen) atoms. The van der Waals surface area contributed by atoms with E-state index < -0.39 is 17.5 Å². The molecule has 0 aromatic heterocycles. The molecule has 0 spiro atoms. The molecular weight excluding hydrogens is 338 g/mol. The summed E-state index contributed by atoms with van der Waals surface area (Å²) in [5.41, 5.74) is 1.76. The number of benzene rings is 2. The van der Waals surface area contributed by atoms with Crippen LogP contribution in [0.1, 0.15) is 28.4 Å². The van der Waals surface area contributed by atoms with Crippen LogP contribution in [0.4, 0.5) is 8.78 Å². The average molecular weight is 360 g/mol. The van der Waals surface area contributed by atoms with E-state index >= 15 is 0 Å². The molecule has 1 saturated heterocycles. The number of nitrogens with one attached hydrogen (secondary N) is 1. The zero-order valence-electron chi connectivity index (χ0n) is 14.7. The number of carbonyl (C=O) groups excluding carboxylic acids is 1.